The second-order valence-corrected chi connectivity index (χ2v) is 6.60. The third-order valence-corrected chi connectivity index (χ3v) is 4.64. The zero-order valence-electron chi connectivity index (χ0n) is 14.8. The van der Waals surface area contributed by atoms with Gasteiger partial charge in [0.05, 0.1) is 6.21 Å². The first kappa shape index (κ1) is 17.1. The van der Waals surface area contributed by atoms with E-state index in [2.05, 4.69) is 39.6 Å². The Labute approximate surface area is 162 Å². The summed E-state index contributed by atoms with van der Waals surface area (Å²) in [4.78, 5) is 0. The van der Waals surface area contributed by atoms with Gasteiger partial charge in [-0.1, -0.05) is 78.9 Å². The van der Waals surface area contributed by atoms with E-state index in [0.29, 0.717) is 10.6 Å². The summed E-state index contributed by atoms with van der Waals surface area (Å²) in [5.41, 5.74) is 5.48. The summed E-state index contributed by atoms with van der Waals surface area (Å²) in [6.07, 6.45) is 1.79. The molecule has 4 nitrogen and oxygen atoms in total. The van der Waals surface area contributed by atoms with Gasteiger partial charge in [-0.05, 0) is 41.4 Å². The van der Waals surface area contributed by atoms with Gasteiger partial charge in [0, 0.05) is 5.56 Å². The molecule has 4 aromatic rings. The summed E-state index contributed by atoms with van der Waals surface area (Å²) >= 11 is 5.35. The van der Waals surface area contributed by atoms with Crippen LogP contribution in [0.5, 0.6) is 0 Å². The van der Waals surface area contributed by atoms with E-state index in [0.717, 1.165) is 16.7 Å². The molecule has 0 saturated heterocycles. The Morgan fingerprint density at radius 3 is 2.30 bits per heavy atom. The number of benzene rings is 3. The number of H-pyrrole nitrogens is 1. The predicted octanol–water partition coefficient (Wildman–Crippen LogP) is 5.47. The maximum Gasteiger partial charge on any atom is 0.216 e. The van der Waals surface area contributed by atoms with E-state index < -0.39 is 0 Å². The topological polar surface area (TPSA) is 46.0 Å². The van der Waals surface area contributed by atoms with Crippen molar-refractivity contribution in [2.24, 2.45) is 5.10 Å². The van der Waals surface area contributed by atoms with Crippen molar-refractivity contribution in [1.29, 1.82) is 0 Å². The van der Waals surface area contributed by atoms with Crippen LogP contribution in [0.15, 0.2) is 84.0 Å². The van der Waals surface area contributed by atoms with Crippen LogP contribution in [-0.4, -0.2) is 21.1 Å². The van der Waals surface area contributed by atoms with Crippen molar-refractivity contribution in [3.63, 3.8) is 0 Å². The normalized spacial score (nSPS) is 11.1. The maximum absolute atomic E-state index is 5.35. The molecule has 1 aromatic heterocycles. The van der Waals surface area contributed by atoms with E-state index in [1.54, 1.807) is 10.9 Å². The lowest BCUT2D eigenvalue weighted by Gasteiger charge is -2.04. The first-order valence-electron chi connectivity index (χ1n) is 8.65. The van der Waals surface area contributed by atoms with Gasteiger partial charge in [0.25, 0.3) is 0 Å². The van der Waals surface area contributed by atoms with Crippen LogP contribution >= 0.6 is 12.2 Å². The van der Waals surface area contributed by atoms with Crippen molar-refractivity contribution in [2.45, 2.75) is 6.92 Å². The number of nitrogens with zero attached hydrogens (tertiary/aromatic N) is 3. The van der Waals surface area contributed by atoms with Gasteiger partial charge in [-0.2, -0.15) is 14.9 Å². The molecule has 0 atom stereocenters. The molecule has 0 aliphatic carbocycles. The standard InChI is InChI=1S/C22H18N4S/c1-16-7-5-6-10-20(16)21-24-25-22(27)26(21)23-15-17-11-13-19(14-12-17)18-8-3-2-4-9-18/h2-15H,1H3,(H,25,27)/b23-15-. The predicted molar refractivity (Wildman–Crippen MR) is 112 cm³/mol. The van der Waals surface area contributed by atoms with Crippen molar-refractivity contribution >= 4 is 18.4 Å². The molecule has 0 saturated carbocycles. The van der Waals surface area contributed by atoms with Gasteiger partial charge >= 0.3 is 0 Å². The summed E-state index contributed by atoms with van der Waals surface area (Å²) in [6.45, 7) is 2.05. The summed E-state index contributed by atoms with van der Waals surface area (Å²) in [6, 6.07) is 26.6. The molecule has 0 aliphatic rings. The minimum atomic E-state index is 0.463. The number of aromatic nitrogens is 3. The molecule has 5 heteroatoms. The molecule has 0 spiro atoms. The number of rotatable bonds is 4. The molecule has 0 unspecified atom stereocenters. The molecule has 0 amide bonds. The SMILES string of the molecule is Cc1ccccc1-c1n[nH]c(=S)n1/N=C\c1ccc(-c2ccccc2)cc1. The molecule has 0 aliphatic heterocycles. The Kier molecular flexibility index (Phi) is 4.77. The zero-order valence-corrected chi connectivity index (χ0v) is 15.6. The number of aryl methyl sites for hydroxylation is 1. The Bertz CT molecular complexity index is 1140. The first-order chi connectivity index (χ1) is 13.2. The summed E-state index contributed by atoms with van der Waals surface area (Å²) in [5, 5.41) is 11.7. The van der Waals surface area contributed by atoms with Gasteiger partial charge in [-0.15, -0.1) is 0 Å². The lowest BCUT2D eigenvalue weighted by Crippen LogP contribution is -1.96. The molecule has 4 rings (SSSR count). The third-order valence-electron chi connectivity index (χ3n) is 4.38. The second-order valence-electron chi connectivity index (χ2n) is 6.21. The zero-order chi connectivity index (χ0) is 18.6. The van der Waals surface area contributed by atoms with Crippen LogP contribution in [0.3, 0.4) is 0 Å². The summed E-state index contributed by atoms with van der Waals surface area (Å²) in [7, 11) is 0. The molecule has 132 valence electrons. The summed E-state index contributed by atoms with van der Waals surface area (Å²) < 4.78 is 2.12. The van der Waals surface area contributed by atoms with Crippen LogP contribution in [0.2, 0.25) is 0 Å². The van der Waals surface area contributed by atoms with E-state index in [-0.39, 0.29) is 0 Å². The quantitative estimate of drug-likeness (QED) is 0.383. The number of nitrogens with one attached hydrogen (secondary N) is 1. The van der Waals surface area contributed by atoms with Gasteiger partial charge < -0.3 is 0 Å². The van der Waals surface area contributed by atoms with Crippen LogP contribution in [-0.2, 0) is 0 Å². The Balaban J connectivity index is 1.64. The van der Waals surface area contributed by atoms with Crippen LogP contribution < -0.4 is 0 Å². The largest absolute Gasteiger partial charge is 0.250 e. The van der Waals surface area contributed by atoms with Crippen molar-refractivity contribution < 1.29 is 0 Å². The third kappa shape index (κ3) is 3.64. The van der Waals surface area contributed by atoms with E-state index in [1.165, 1.54) is 11.1 Å². The fourth-order valence-corrected chi connectivity index (χ4v) is 3.09. The molecule has 27 heavy (non-hydrogen) atoms. The number of hydrogen-bond donors (Lipinski definition) is 1. The highest BCUT2D eigenvalue weighted by Gasteiger charge is 2.10. The highest BCUT2D eigenvalue weighted by Crippen LogP contribution is 2.21. The Hall–Kier alpha value is -3.31. The molecule has 1 N–H and O–H groups in total. The van der Waals surface area contributed by atoms with Gasteiger partial charge in [0.1, 0.15) is 0 Å². The van der Waals surface area contributed by atoms with E-state index >= 15 is 0 Å². The molecule has 0 radical (unpaired) electrons. The lowest BCUT2D eigenvalue weighted by atomic mass is 10.0. The second kappa shape index (κ2) is 7.51. The summed E-state index contributed by atoms with van der Waals surface area (Å²) in [5.74, 6) is 0.704. The van der Waals surface area contributed by atoms with E-state index in [4.69, 9.17) is 12.2 Å². The minimum absolute atomic E-state index is 0.463. The van der Waals surface area contributed by atoms with Crippen LogP contribution in [0.4, 0.5) is 0 Å². The minimum Gasteiger partial charge on any atom is -0.250 e. The van der Waals surface area contributed by atoms with Gasteiger partial charge in [0.15, 0.2) is 5.82 Å². The van der Waals surface area contributed by atoms with Gasteiger partial charge in [-0.25, -0.2) is 5.10 Å². The Morgan fingerprint density at radius 1 is 0.889 bits per heavy atom. The van der Waals surface area contributed by atoms with Crippen LogP contribution in [0.1, 0.15) is 11.1 Å². The first-order valence-corrected chi connectivity index (χ1v) is 9.06. The van der Waals surface area contributed by atoms with E-state index in [1.807, 2.05) is 61.5 Å². The van der Waals surface area contributed by atoms with Crippen LogP contribution in [0.25, 0.3) is 22.5 Å². The monoisotopic (exact) mass is 370 g/mol. The van der Waals surface area contributed by atoms with Gasteiger partial charge in [-0.3, -0.25) is 0 Å². The average molecular weight is 370 g/mol. The van der Waals surface area contributed by atoms with Gasteiger partial charge in [0.2, 0.25) is 4.77 Å². The Morgan fingerprint density at radius 2 is 1.56 bits per heavy atom. The molecular weight excluding hydrogens is 352 g/mol. The maximum atomic E-state index is 5.35. The highest BCUT2D eigenvalue weighted by molar-refractivity contribution is 7.71. The van der Waals surface area contributed by atoms with Crippen molar-refractivity contribution in [2.75, 3.05) is 0 Å². The smallest absolute Gasteiger partial charge is 0.216 e. The van der Waals surface area contributed by atoms with Crippen LogP contribution in [0, 0.1) is 11.7 Å². The van der Waals surface area contributed by atoms with Crippen molar-refractivity contribution in [1.82, 2.24) is 14.9 Å². The molecule has 1 heterocycles. The number of hydrogen-bond acceptors (Lipinski definition) is 3. The lowest BCUT2D eigenvalue weighted by molar-refractivity contribution is 0.871. The van der Waals surface area contributed by atoms with E-state index in [9.17, 15) is 0 Å². The molecule has 3 aromatic carbocycles. The highest BCUT2D eigenvalue weighted by atomic mass is 32.1. The molecule has 0 fully saturated rings. The fraction of sp³-hybridized carbons (Fsp3) is 0.0455. The average Bonchev–Trinajstić information content (AvgIpc) is 3.08. The fourth-order valence-electron chi connectivity index (χ4n) is 2.91. The van der Waals surface area contributed by atoms with Crippen molar-refractivity contribution in [3.05, 3.63) is 94.8 Å². The number of aromatic amines is 1. The molecule has 0 bridgehead atoms. The molecular formula is C22H18N4S. The van der Waals surface area contributed by atoms with Crippen molar-refractivity contribution in [3.8, 4) is 22.5 Å².